The molecule has 0 aliphatic rings. The molecule has 37 heavy (non-hydrogen) atoms. The summed E-state index contributed by atoms with van der Waals surface area (Å²) in [5.74, 6) is 0.958. The van der Waals surface area contributed by atoms with E-state index in [1.807, 2.05) is 58.0 Å². The van der Waals surface area contributed by atoms with E-state index in [4.69, 9.17) is 4.74 Å². The maximum atomic E-state index is 12.8. The van der Waals surface area contributed by atoms with Gasteiger partial charge in [0.25, 0.3) is 5.91 Å². The number of fused-ring (bicyclic) bond motifs is 1. The molecule has 0 saturated heterocycles. The third-order valence-corrected chi connectivity index (χ3v) is 5.98. The van der Waals surface area contributed by atoms with Crippen molar-refractivity contribution < 1.29 is 22.7 Å². The second-order valence-corrected chi connectivity index (χ2v) is 8.98. The van der Waals surface area contributed by atoms with Crippen molar-refractivity contribution in [3.63, 3.8) is 0 Å². The molecule has 0 aliphatic carbocycles. The number of amides is 1. The highest BCUT2D eigenvalue weighted by molar-refractivity contribution is 5.96. The highest BCUT2D eigenvalue weighted by atomic mass is 19.4. The minimum absolute atomic E-state index is 0.148. The Labute approximate surface area is 213 Å². The van der Waals surface area contributed by atoms with Crippen LogP contribution in [0.3, 0.4) is 0 Å². The number of hydrogen-bond acceptors (Lipinski definition) is 4. The first kappa shape index (κ1) is 26.1. The molecule has 4 aromatic rings. The first-order chi connectivity index (χ1) is 17.6. The fourth-order valence-electron chi connectivity index (χ4n) is 4.08. The molecule has 0 aliphatic heterocycles. The molecule has 9 heteroatoms. The number of ether oxygens (including phenoxy) is 1. The van der Waals surface area contributed by atoms with Gasteiger partial charge in [0.05, 0.1) is 30.2 Å². The van der Waals surface area contributed by atoms with Crippen LogP contribution in [0.2, 0.25) is 0 Å². The summed E-state index contributed by atoms with van der Waals surface area (Å²) in [6.45, 7) is 7.84. The lowest BCUT2D eigenvalue weighted by molar-refractivity contribution is -0.131. The second kappa shape index (κ2) is 10.5. The number of aromatic nitrogens is 2. The van der Waals surface area contributed by atoms with Gasteiger partial charge in [0.2, 0.25) is 0 Å². The Balaban J connectivity index is 1.77. The molecule has 0 fully saturated rings. The Morgan fingerprint density at radius 1 is 1.05 bits per heavy atom. The zero-order valence-electron chi connectivity index (χ0n) is 21.2. The van der Waals surface area contributed by atoms with Gasteiger partial charge < -0.3 is 15.4 Å². The number of rotatable bonds is 8. The SMILES string of the molecule is CCNC(=O)c1ccc(-c2cnc3c(NCCC(F)(F)F)cc(Oc4cc(C)ccc4C)cn23)cc1C. The normalized spacial score (nSPS) is 11.5. The van der Waals surface area contributed by atoms with Crippen LogP contribution in [0.15, 0.2) is 54.9 Å². The zero-order valence-corrected chi connectivity index (χ0v) is 21.2. The summed E-state index contributed by atoms with van der Waals surface area (Å²) in [5.41, 5.74) is 5.74. The maximum Gasteiger partial charge on any atom is 0.390 e. The average Bonchev–Trinajstić information content (AvgIpc) is 3.25. The number of imidazole rings is 1. The molecule has 0 radical (unpaired) electrons. The Morgan fingerprint density at radius 3 is 2.54 bits per heavy atom. The number of nitrogens with zero attached hydrogens (tertiary/aromatic N) is 2. The lowest BCUT2D eigenvalue weighted by Crippen LogP contribution is -2.23. The Morgan fingerprint density at radius 2 is 1.84 bits per heavy atom. The van der Waals surface area contributed by atoms with Crippen LogP contribution >= 0.6 is 0 Å². The molecule has 2 aromatic heterocycles. The molecule has 2 heterocycles. The van der Waals surface area contributed by atoms with Crippen molar-refractivity contribution in [2.75, 3.05) is 18.4 Å². The van der Waals surface area contributed by atoms with Crippen LogP contribution in [-0.2, 0) is 0 Å². The van der Waals surface area contributed by atoms with Crippen molar-refractivity contribution >= 4 is 17.2 Å². The summed E-state index contributed by atoms with van der Waals surface area (Å²) < 4.78 is 46.4. The van der Waals surface area contributed by atoms with Crippen LogP contribution in [0.1, 0.15) is 40.4 Å². The number of aryl methyl sites for hydroxylation is 3. The van der Waals surface area contributed by atoms with Gasteiger partial charge in [-0.25, -0.2) is 4.98 Å². The number of nitrogens with one attached hydrogen (secondary N) is 2. The van der Waals surface area contributed by atoms with Gasteiger partial charge in [-0.2, -0.15) is 13.2 Å². The van der Waals surface area contributed by atoms with Crippen LogP contribution < -0.4 is 15.4 Å². The van der Waals surface area contributed by atoms with E-state index in [0.29, 0.717) is 40.6 Å². The van der Waals surface area contributed by atoms with E-state index in [-0.39, 0.29) is 12.5 Å². The number of carbonyl (C=O) groups is 1. The molecule has 0 unspecified atom stereocenters. The topological polar surface area (TPSA) is 67.7 Å². The summed E-state index contributed by atoms with van der Waals surface area (Å²) in [7, 11) is 0. The van der Waals surface area contributed by atoms with Gasteiger partial charge in [0.15, 0.2) is 5.65 Å². The van der Waals surface area contributed by atoms with Crippen LogP contribution in [0.25, 0.3) is 16.9 Å². The summed E-state index contributed by atoms with van der Waals surface area (Å²) in [6.07, 6.45) is -1.83. The van der Waals surface area contributed by atoms with Crippen molar-refractivity contribution in [3.8, 4) is 22.8 Å². The molecule has 2 N–H and O–H groups in total. The van der Waals surface area contributed by atoms with E-state index in [0.717, 1.165) is 22.3 Å². The lowest BCUT2D eigenvalue weighted by atomic mass is 10.0. The molecule has 1 amide bonds. The number of benzene rings is 2. The third kappa shape index (κ3) is 6.04. The van der Waals surface area contributed by atoms with Crippen molar-refractivity contribution in [2.24, 2.45) is 0 Å². The Kier molecular flexibility index (Phi) is 7.42. The van der Waals surface area contributed by atoms with Crippen LogP contribution in [0, 0.1) is 20.8 Å². The van der Waals surface area contributed by atoms with E-state index in [1.165, 1.54) is 0 Å². The third-order valence-electron chi connectivity index (χ3n) is 5.98. The number of halogens is 3. The number of alkyl halides is 3. The molecule has 0 saturated carbocycles. The van der Waals surface area contributed by atoms with Gasteiger partial charge in [-0.15, -0.1) is 0 Å². The highest BCUT2D eigenvalue weighted by Gasteiger charge is 2.26. The summed E-state index contributed by atoms with van der Waals surface area (Å²) in [6, 6.07) is 13.0. The fourth-order valence-corrected chi connectivity index (χ4v) is 4.08. The predicted molar refractivity (Wildman–Crippen MR) is 139 cm³/mol. The van der Waals surface area contributed by atoms with Crippen LogP contribution in [-0.4, -0.2) is 34.6 Å². The molecule has 2 aromatic carbocycles. The van der Waals surface area contributed by atoms with Crippen molar-refractivity contribution in [2.45, 2.75) is 40.3 Å². The van der Waals surface area contributed by atoms with Crippen LogP contribution in [0.4, 0.5) is 18.9 Å². The summed E-state index contributed by atoms with van der Waals surface area (Å²) >= 11 is 0. The number of anilines is 1. The first-order valence-corrected chi connectivity index (χ1v) is 12.0. The second-order valence-electron chi connectivity index (χ2n) is 8.98. The minimum Gasteiger partial charge on any atom is -0.455 e. The first-order valence-electron chi connectivity index (χ1n) is 12.0. The Bertz CT molecular complexity index is 1440. The molecule has 194 valence electrons. The maximum absolute atomic E-state index is 12.8. The molecular formula is C28H29F3N4O2. The molecule has 6 nitrogen and oxygen atoms in total. The summed E-state index contributed by atoms with van der Waals surface area (Å²) in [5, 5.41) is 5.68. The number of carbonyl (C=O) groups excluding carboxylic acids is 1. The highest BCUT2D eigenvalue weighted by Crippen LogP contribution is 2.33. The Hall–Kier alpha value is -4.01. The van der Waals surface area contributed by atoms with Gasteiger partial charge in [-0.05, 0) is 62.6 Å². The van der Waals surface area contributed by atoms with E-state index in [1.54, 1.807) is 28.9 Å². The largest absolute Gasteiger partial charge is 0.455 e. The van der Waals surface area contributed by atoms with Crippen molar-refractivity contribution in [3.05, 3.63) is 77.1 Å². The predicted octanol–water partition coefficient (Wildman–Crippen LogP) is 6.83. The van der Waals surface area contributed by atoms with E-state index < -0.39 is 12.6 Å². The van der Waals surface area contributed by atoms with Gasteiger partial charge >= 0.3 is 6.18 Å². The lowest BCUT2D eigenvalue weighted by Gasteiger charge is -2.15. The molecule has 0 bridgehead atoms. The van der Waals surface area contributed by atoms with Crippen molar-refractivity contribution in [1.29, 1.82) is 0 Å². The van der Waals surface area contributed by atoms with Gasteiger partial charge in [0, 0.05) is 30.3 Å². The van der Waals surface area contributed by atoms with E-state index >= 15 is 0 Å². The standard InChI is InChI=1S/C28H29F3N4O2/c1-5-32-27(36)22-9-8-20(13-19(22)4)24-15-34-26-23(33-11-10-28(29,30)31)14-21(16-35(24)26)37-25-12-17(2)6-7-18(25)3/h6-9,12-16,33H,5,10-11H2,1-4H3,(H,32,36). The number of pyridine rings is 1. The number of hydrogen-bond donors (Lipinski definition) is 2. The molecule has 4 rings (SSSR count). The minimum atomic E-state index is -4.28. The van der Waals surface area contributed by atoms with Crippen molar-refractivity contribution in [1.82, 2.24) is 14.7 Å². The molecular weight excluding hydrogens is 481 g/mol. The van der Waals surface area contributed by atoms with Gasteiger partial charge in [-0.1, -0.05) is 18.2 Å². The smallest absolute Gasteiger partial charge is 0.390 e. The molecule has 0 atom stereocenters. The fraction of sp³-hybridized carbons (Fsp3) is 0.286. The zero-order chi connectivity index (χ0) is 26.7. The average molecular weight is 511 g/mol. The van der Waals surface area contributed by atoms with E-state index in [9.17, 15) is 18.0 Å². The molecule has 0 spiro atoms. The summed E-state index contributed by atoms with van der Waals surface area (Å²) in [4.78, 5) is 16.8. The van der Waals surface area contributed by atoms with Gasteiger partial charge in [-0.3, -0.25) is 9.20 Å². The quantitative estimate of drug-likeness (QED) is 0.273. The van der Waals surface area contributed by atoms with Gasteiger partial charge in [0.1, 0.15) is 11.5 Å². The monoisotopic (exact) mass is 510 g/mol. The van der Waals surface area contributed by atoms with Crippen LogP contribution in [0.5, 0.6) is 11.5 Å². The van der Waals surface area contributed by atoms with E-state index in [2.05, 4.69) is 15.6 Å².